The summed E-state index contributed by atoms with van der Waals surface area (Å²) in [5, 5.41) is 37.4. The Morgan fingerprint density at radius 1 is 1.44 bits per heavy atom. The smallest absolute Gasteiger partial charge is 0.244 e. The third kappa shape index (κ3) is 2.43. The van der Waals surface area contributed by atoms with Crippen LogP contribution in [-0.4, -0.2) is 63.0 Å². The predicted octanol–water partition coefficient (Wildman–Crippen LogP) is -2.72. The highest BCUT2D eigenvalue weighted by Crippen LogP contribution is 2.27. The van der Waals surface area contributed by atoms with Crippen molar-refractivity contribution in [3.05, 3.63) is 0 Å². The number of nitrogens with two attached hydrogens (primary N) is 1. The molecule has 16 heavy (non-hydrogen) atoms. The fraction of sp³-hybridized carbons (Fsp3) is 0.875. The zero-order valence-corrected chi connectivity index (χ0v) is 10.3. The molecule has 8 heteroatoms. The van der Waals surface area contributed by atoms with E-state index in [1.807, 2.05) is 0 Å². The average Bonchev–Trinajstić information content (AvgIpc) is 2.20. The maximum atomic E-state index is 11.1. The third-order valence-electron chi connectivity index (χ3n) is 2.57. The summed E-state index contributed by atoms with van der Waals surface area (Å²) in [6, 6.07) is -1.45. The molecule has 0 aromatic heterocycles. The molecular formula is C8H16BrNO6. The molecule has 1 rings (SSSR count). The van der Waals surface area contributed by atoms with Crippen LogP contribution in [0.2, 0.25) is 0 Å². The van der Waals surface area contributed by atoms with Crippen LogP contribution < -0.4 is 5.73 Å². The van der Waals surface area contributed by atoms with Crippen LogP contribution in [-0.2, 0) is 9.53 Å². The van der Waals surface area contributed by atoms with Crippen molar-refractivity contribution in [1.29, 1.82) is 0 Å². The van der Waals surface area contributed by atoms with Gasteiger partial charge in [0, 0.05) is 6.92 Å². The van der Waals surface area contributed by atoms with E-state index in [-0.39, 0.29) is 17.0 Å². The predicted molar refractivity (Wildman–Crippen MR) is 57.9 cm³/mol. The molecule has 0 bridgehead atoms. The summed E-state index contributed by atoms with van der Waals surface area (Å²) in [5.74, 6) is -3.16. The lowest BCUT2D eigenvalue weighted by molar-refractivity contribution is -0.296. The summed E-state index contributed by atoms with van der Waals surface area (Å²) >= 11 is 0. The van der Waals surface area contributed by atoms with Crippen LogP contribution in [0.4, 0.5) is 0 Å². The molecular weight excluding hydrogens is 286 g/mol. The molecule has 1 unspecified atom stereocenters. The zero-order valence-electron chi connectivity index (χ0n) is 8.61. The number of carbonyl (C=O) groups is 1. The summed E-state index contributed by atoms with van der Waals surface area (Å²) in [6.45, 7) is 0.402. The quantitative estimate of drug-likeness (QED) is 0.374. The lowest BCUT2D eigenvalue weighted by atomic mass is 9.89. The Bertz CT molecular complexity index is 263. The molecule has 0 radical (unpaired) electrons. The lowest BCUT2D eigenvalue weighted by Gasteiger charge is -2.44. The van der Waals surface area contributed by atoms with Crippen LogP contribution in [0.5, 0.6) is 0 Å². The minimum absolute atomic E-state index is 0. The van der Waals surface area contributed by atoms with Crippen LogP contribution in [0.3, 0.4) is 0 Å². The van der Waals surface area contributed by atoms with Crippen molar-refractivity contribution in [2.24, 2.45) is 5.73 Å². The Morgan fingerprint density at radius 3 is 2.31 bits per heavy atom. The summed E-state index contributed by atoms with van der Waals surface area (Å²) < 4.78 is 4.80. The van der Waals surface area contributed by atoms with E-state index in [1.54, 1.807) is 0 Å². The Balaban J connectivity index is 0.00000225. The van der Waals surface area contributed by atoms with Gasteiger partial charge in [0.25, 0.3) is 0 Å². The second-order valence-corrected chi connectivity index (χ2v) is 3.60. The molecule has 7 nitrogen and oxygen atoms in total. The van der Waals surface area contributed by atoms with E-state index in [0.717, 1.165) is 6.92 Å². The third-order valence-corrected chi connectivity index (χ3v) is 2.57. The highest BCUT2D eigenvalue weighted by Gasteiger charge is 2.54. The lowest BCUT2D eigenvalue weighted by Crippen LogP contribution is -2.70. The Labute approximate surface area is 103 Å². The van der Waals surface area contributed by atoms with E-state index >= 15 is 0 Å². The fourth-order valence-corrected chi connectivity index (χ4v) is 1.51. The van der Waals surface area contributed by atoms with Crippen LogP contribution in [0.1, 0.15) is 6.92 Å². The zero-order chi connectivity index (χ0) is 11.8. The number of halogens is 1. The van der Waals surface area contributed by atoms with E-state index in [4.69, 9.17) is 15.6 Å². The van der Waals surface area contributed by atoms with E-state index < -0.39 is 42.5 Å². The van der Waals surface area contributed by atoms with Crippen molar-refractivity contribution in [1.82, 2.24) is 0 Å². The summed E-state index contributed by atoms with van der Waals surface area (Å²) in [5.41, 5.74) is 5.38. The minimum atomic E-state index is -2.37. The monoisotopic (exact) mass is 301 g/mol. The highest BCUT2D eigenvalue weighted by molar-refractivity contribution is 8.93. The first-order valence-corrected chi connectivity index (χ1v) is 4.48. The molecule has 0 saturated carbocycles. The Morgan fingerprint density at radius 2 is 1.94 bits per heavy atom. The van der Waals surface area contributed by atoms with Gasteiger partial charge in [-0.1, -0.05) is 0 Å². The number of ether oxygens (including phenoxy) is 1. The number of carbonyl (C=O) groups excluding carboxylic acids is 1. The van der Waals surface area contributed by atoms with Crippen molar-refractivity contribution in [2.45, 2.75) is 37.1 Å². The molecule has 0 aromatic rings. The Hall–Kier alpha value is -0.0900. The molecule has 0 aliphatic carbocycles. The standard InChI is InChI=1S/C8H15NO6.BrH/c1-3(11)8(14)7(9)6(13)5(12)4(2-10)15-8;/h4-7,10,12-14H,2,9H2,1H3;1H/t4-,5+,6+,7-,8?;/m1./s1. The number of rotatable bonds is 2. The fourth-order valence-electron chi connectivity index (χ4n) is 1.51. The van der Waals surface area contributed by atoms with Gasteiger partial charge < -0.3 is 30.9 Å². The van der Waals surface area contributed by atoms with Crippen molar-refractivity contribution >= 4 is 22.8 Å². The number of aliphatic hydroxyl groups excluding tert-OH is 3. The number of hydrogen-bond donors (Lipinski definition) is 5. The maximum Gasteiger partial charge on any atom is 0.244 e. The van der Waals surface area contributed by atoms with Crippen molar-refractivity contribution in [2.75, 3.05) is 6.61 Å². The number of aliphatic hydroxyl groups is 4. The molecule has 0 spiro atoms. The van der Waals surface area contributed by atoms with Crippen molar-refractivity contribution < 1.29 is 30.0 Å². The van der Waals surface area contributed by atoms with Crippen molar-refractivity contribution in [3.8, 4) is 0 Å². The molecule has 1 fully saturated rings. The van der Waals surface area contributed by atoms with Crippen molar-refractivity contribution in [3.63, 3.8) is 0 Å². The maximum absolute atomic E-state index is 11.1. The van der Waals surface area contributed by atoms with Gasteiger partial charge in [-0.05, 0) is 0 Å². The summed E-state index contributed by atoms with van der Waals surface area (Å²) in [4.78, 5) is 11.1. The molecule has 96 valence electrons. The molecule has 1 heterocycles. The topological polar surface area (TPSA) is 133 Å². The summed E-state index contributed by atoms with van der Waals surface area (Å²) in [6.07, 6.45) is -4.22. The first-order chi connectivity index (χ1) is 6.84. The van der Waals surface area contributed by atoms with Gasteiger partial charge in [0.2, 0.25) is 5.79 Å². The van der Waals surface area contributed by atoms with Crippen LogP contribution in [0.25, 0.3) is 0 Å². The van der Waals surface area contributed by atoms with E-state index in [1.165, 1.54) is 0 Å². The molecule has 0 amide bonds. The second-order valence-electron chi connectivity index (χ2n) is 3.60. The van der Waals surface area contributed by atoms with Crippen LogP contribution in [0.15, 0.2) is 0 Å². The second kappa shape index (κ2) is 5.50. The number of hydrogen-bond acceptors (Lipinski definition) is 7. The van der Waals surface area contributed by atoms with Gasteiger partial charge in [-0.3, -0.25) is 4.79 Å². The normalized spacial score (nSPS) is 43.6. The molecule has 5 atom stereocenters. The minimum Gasteiger partial charge on any atom is -0.394 e. The van der Waals surface area contributed by atoms with Gasteiger partial charge >= 0.3 is 0 Å². The van der Waals surface area contributed by atoms with E-state index in [0.29, 0.717) is 0 Å². The van der Waals surface area contributed by atoms with E-state index in [9.17, 15) is 20.1 Å². The average molecular weight is 302 g/mol. The van der Waals surface area contributed by atoms with Gasteiger partial charge in [-0.2, -0.15) is 0 Å². The summed E-state index contributed by atoms with van der Waals surface area (Å²) in [7, 11) is 0. The van der Waals surface area contributed by atoms with Crippen LogP contribution >= 0.6 is 17.0 Å². The first-order valence-electron chi connectivity index (χ1n) is 4.48. The van der Waals surface area contributed by atoms with Gasteiger partial charge in [0.1, 0.15) is 18.3 Å². The molecule has 1 aliphatic heterocycles. The SMILES string of the molecule is Br.CC(=O)C1(O)O[C@H](CO)[C@H](O)[C@H](O)[C@H]1N. The number of Topliss-reactive ketones (excluding diaryl/α,β-unsaturated/α-hetero) is 1. The van der Waals surface area contributed by atoms with Crippen LogP contribution in [0, 0.1) is 0 Å². The number of ketones is 1. The largest absolute Gasteiger partial charge is 0.394 e. The molecule has 1 saturated heterocycles. The van der Waals surface area contributed by atoms with E-state index in [2.05, 4.69) is 0 Å². The molecule has 6 N–H and O–H groups in total. The highest BCUT2D eigenvalue weighted by atomic mass is 79.9. The molecule has 0 aromatic carbocycles. The van der Waals surface area contributed by atoms with Gasteiger partial charge in [0.15, 0.2) is 5.78 Å². The van der Waals surface area contributed by atoms with Gasteiger partial charge in [-0.25, -0.2) is 0 Å². The van der Waals surface area contributed by atoms with Gasteiger partial charge in [0.05, 0.1) is 12.6 Å². The first kappa shape index (κ1) is 15.9. The molecule has 1 aliphatic rings. The van der Waals surface area contributed by atoms with Gasteiger partial charge in [-0.15, -0.1) is 17.0 Å². The Kier molecular flexibility index (Phi) is 5.47.